The van der Waals surface area contributed by atoms with Gasteiger partial charge in [-0.25, -0.2) is 0 Å². The lowest BCUT2D eigenvalue weighted by Gasteiger charge is -2.18. The molecule has 1 unspecified atom stereocenters. The number of ether oxygens (including phenoxy) is 3. The maximum Gasteiger partial charge on any atom is 0.306 e. The minimum atomic E-state index is -0.541. The molecule has 362 valence electrons. The number of allylic oxidation sites excluding steroid dienone is 8. The molecule has 0 aromatic heterocycles. The number of hydrogen-bond donors (Lipinski definition) is 0. The molecule has 1 atom stereocenters. The van der Waals surface area contributed by atoms with Crippen LogP contribution in [0.3, 0.4) is 0 Å². The van der Waals surface area contributed by atoms with Gasteiger partial charge in [0.2, 0.25) is 0 Å². The molecule has 0 spiro atoms. The quantitative estimate of drug-likeness (QED) is 0.0346. The smallest absolute Gasteiger partial charge is 0.306 e. The zero-order valence-electron chi connectivity index (χ0n) is 41.6. The second-order valence-electron chi connectivity index (χ2n) is 18.1. The second kappa shape index (κ2) is 53.2. The Kier molecular flexibility index (Phi) is 51.4. The fourth-order valence-electron chi connectivity index (χ4n) is 7.81. The van der Waals surface area contributed by atoms with Gasteiger partial charge in [-0.2, -0.15) is 0 Å². The fraction of sp³-hybridized carbons (Fsp3) is 0.825. The van der Waals surface area contributed by atoms with Crippen LogP contribution in [0.25, 0.3) is 0 Å². The highest BCUT2D eigenvalue weighted by Gasteiger charge is 2.17. The summed E-state index contributed by atoms with van der Waals surface area (Å²) in [6, 6.07) is 0. The van der Waals surface area contributed by atoms with Gasteiger partial charge < -0.3 is 14.2 Å². The topological polar surface area (TPSA) is 61.8 Å². The van der Waals surface area contributed by atoms with Crippen LogP contribution in [0.5, 0.6) is 0 Å². The Morgan fingerprint density at radius 3 is 1.19 bits per heavy atom. The summed E-state index contributed by atoms with van der Waals surface area (Å²) in [5, 5.41) is 0. The van der Waals surface area contributed by atoms with Crippen molar-refractivity contribution in [1.82, 2.24) is 0 Å². The highest BCUT2D eigenvalue weighted by Crippen LogP contribution is 2.15. The van der Waals surface area contributed by atoms with Gasteiger partial charge in [0.15, 0.2) is 6.10 Å². The van der Waals surface area contributed by atoms with Crippen LogP contribution in [0.15, 0.2) is 48.6 Å². The zero-order chi connectivity index (χ0) is 44.9. The lowest BCUT2D eigenvalue weighted by Crippen LogP contribution is -2.30. The number of unbranched alkanes of at least 4 members (excludes halogenated alkanes) is 31. The normalized spacial score (nSPS) is 12.5. The number of rotatable bonds is 50. The van der Waals surface area contributed by atoms with Crippen molar-refractivity contribution in [2.75, 3.05) is 19.8 Å². The van der Waals surface area contributed by atoms with Crippen molar-refractivity contribution in [1.29, 1.82) is 0 Å². The number of hydrogen-bond acceptors (Lipinski definition) is 5. The lowest BCUT2D eigenvalue weighted by molar-refractivity contribution is -0.163. The third kappa shape index (κ3) is 50.5. The standard InChI is InChI=1S/C57H104O5/c1-4-7-10-13-16-19-22-25-27-29-30-33-35-38-41-44-47-50-56(58)61-54-55(62-57(59)51-48-45-42-39-36-32-24-21-18-15-12-9-6-3)53-60-52-49-46-43-40-37-34-31-28-26-23-20-17-14-11-8-5-2/h7,10,16,19,21,24-25,27,55H,4-6,8-9,11-15,17-18,20,22-23,26,28-54H2,1-3H3/b10-7-,19-16-,24-21-,27-25-. The molecular formula is C57H104O5. The van der Waals surface area contributed by atoms with E-state index < -0.39 is 6.10 Å². The van der Waals surface area contributed by atoms with Crippen LogP contribution >= 0.6 is 0 Å². The number of carbonyl (C=O) groups excluding carboxylic acids is 2. The van der Waals surface area contributed by atoms with Gasteiger partial charge >= 0.3 is 11.9 Å². The molecule has 5 heteroatoms. The van der Waals surface area contributed by atoms with Crippen molar-refractivity contribution < 1.29 is 23.8 Å². The molecule has 0 saturated carbocycles. The van der Waals surface area contributed by atoms with E-state index in [-0.39, 0.29) is 25.2 Å². The highest BCUT2D eigenvalue weighted by molar-refractivity contribution is 5.70. The predicted octanol–water partition coefficient (Wildman–Crippen LogP) is 18.3. The van der Waals surface area contributed by atoms with Crippen molar-refractivity contribution in [2.24, 2.45) is 0 Å². The van der Waals surface area contributed by atoms with Crippen LogP contribution in [0.4, 0.5) is 0 Å². The predicted molar refractivity (Wildman–Crippen MR) is 270 cm³/mol. The molecule has 0 amide bonds. The van der Waals surface area contributed by atoms with Crippen LogP contribution < -0.4 is 0 Å². The molecule has 0 aliphatic heterocycles. The Labute approximate surface area is 386 Å². The summed E-state index contributed by atoms with van der Waals surface area (Å²) in [5.41, 5.74) is 0. The van der Waals surface area contributed by atoms with E-state index >= 15 is 0 Å². The molecule has 0 rings (SSSR count). The van der Waals surface area contributed by atoms with Crippen LogP contribution in [0.2, 0.25) is 0 Å². The Morgan fingerprint density at radius 2 is 0.726 bits per heavy atom. The Hall–Kier alpha value is -2.14. The first-order valence-electron chi connectivity index (χ1n) is 27.2. The molecule has 5 nitrogen and oxygen atoms in total. The van der Waals surface area contributed by atoms with Gasteiger partial charge in [-0.3, -0.25) is 9.59 Å². The van der Waals surface area contributed by atoms with Crippen molar-refractivity contribution in [3.63, 3.8) is 0 Å². The Morgan fingerprint density at radius 1 is 0.371 bits per heavy atom. The average Bonchev–Trinajstić information content (AvgIpc) is 3.27. The van der Waals surface area contributed by atoms with Crippen LogP contribution in [0.1, 0.15) is 278 Å². The Bertz CT molecular complexity index is 1030. The van der Waals surface area contributed by atoms with E-state index in [2.05, 4.69) is 69.4 Å². The van der Waals surface area contributed by atoms with E-state index in [1.165, 1.54) is 167 Å². The van der Waals surface area contributed by atoms with Crippen LogP contribution in [-0.4, -0.2) is 37.9 Å². The largest absolute Gasteiger partial charge is 0.462 e. The van der Waals surface area contributed by atoms with Crippen molar-refractivity contribution in [2.45, 2.75) is 284 Å². The minimum absolute atomic E-state index is 0.0800. The molecule has 0 N–H and O–H groups in total. The van der Waals surface area contributed by atoms with Gasteiger partial charge in [-0.15, -0.1) is 0 Å². The molecule has 0 heterocycles. The van der Waals surface area contributed by atoms with Gasteiger partial charge in [0.1, 0.15) is 6.61 Å². The Balaban J connectivity index is 4.25. The summed E-state index contributed by atoms with van der Waals surface area (Å²) in [6.07, 6.45) is 65.5. The first kappa shape index (κ1) is 59.9. The van der Waals surface area contributed by atoms with E-state index in [1.807, 2.05) is 0 Å². The summed E-state index contributed by atoms with van der Waals surface area (Å²) in [4.78, 5) is 25.4. The summed E-state index contributed by atoms with van der Waals surface area (Å²) in [7, 11) is 0. The molecule has 0 saturated heterocycles. The third-order valence-corrected chi connectivity index (χ3v) is 11.8. The first-order valence-corrected chi connectivity index (χ1v) is 27.2. The van der Waals surface area contributed by atoms with Crippen molar-refractivity contribution in [3.8, 4) is 0 Å². The molecule has 0 aliphatic rings. The molecule has 0 aromatic rings. The van der Waals surface area contributed by atoms with Gasteiger partial charge in [0.25, 0.3) is 0 Å². The van der Waals surface area contributed by atoms with Crippen molar-refractivity contribution in [3.05, 3.63) is 48.6 Å². The molecule has 0 radical (unpaired) electrons. The summed E-state index contributed by atoms with van der Waals surface area (Å²) in [6.45, 7) is 7.73. The average molecular weight is 869 g/mol. The fourth-order valence-corrected chi connectivity index (χ4v) is 7.81. The maximum atomic E-state index is 12.8. The molecule has 62 heavy (non-hydrogen) atoms. The second-order valence-corrected chi connectivity index (χ2v) is 18.1. The van der Waals surface area contributed by atoms with Gasteiger partial charge in [-0.05, 0) is 77.0 Å². The molecular weight excluding hydrogens is 765 g/mol. The first-order chi connectivity index (χ1) is 30.6. The van der Waals surface area contributed by atoms with Crippen LogP contribution in [-0.2, 0) is 23.8 Å². The summed E-state index contributed by atoms with van der Waals surface area (Å²) in [5.74, 6) is -0.406. The molecule has 0 bridgehead atoms. The van der Waals surface area contributed by atoms with Crippen molar-refractivity contribution >= 4 is 11.9 Å². The summed E-state index contributed by atoms with van der Waals surface area (Å²) >= 11 is 0. The van der Waals surface area contributed by atoms with Gasteiger partial charge in [0.05, 0.1) is 6.61 Å². The third-order valence-electron chi connectivity index (χ3n) is 11.8. The molecule has 0 aromatic carbocycles. The van der Waals surface area contributed by atoms with E-state index in [9.17, 15) is 9.59 Å². The van der Waals surface area contributed by atoms with E-state index in [0.29, 0.717) is 19.4 Å². The monoisotopic (exact) mass is 869 g/mol. The number of carbonyl (C=O) groups is 2. The molecule has 0 fully saturated rings. The maximum absolute atomic E-state index is 12.8. The summed E-state index contributed by atoms with van der Waals surface area (Å²) < 4.78 is 17.4. The van der Waals surface area contributed by atoms with E-state index in [1.54, 1.807) is 0 Å². The highest BCUT2D eigenvalue weighted by atomic mass is 16.6. The van der Waals surface area contributed by atoms with Crippen LogP contribution in [0, 0.1) is 0 Å². The van der Waals surface area contributed by atoms with E-state index in [4.69, 9.17) is 14.2 Å². The van der Waals surface area contributed by atoms with Gasteiger partial charge in [-0.1, -0.05) is 236 Å². The minimum Gasteiger partial charge on any atom is -0.462 e. The molecule has 0 aliphatic carbocycles. The SMILES string of the molecule is CC/C=C\C/C=C\C/C=C\CCCCCCCCCC(=O)OCC(COCCCCCCCCCCCCCCCCCC)OC(=O)CCCCCCC/C=C\CCCCCC. The lowest BCUT2D eigenvalue weighted by atomic mass is 10.0. The zero-order valence-corrected chi connectivity index (χ0v) is 41.6. The number of esters is 2. The van der Waals surface area contributed by atoms with Gasteiger partial charge in [0, 0.05) is 19.4 Å². The van der Waals surface area contributed by atoms with E-state index in [0.717, 1.165) is 77.0 Å².